The molecule has 0 saturated heterocycles. The zero-order valence-electron chi connectivity index (χ0n) is 21.2. The molecule has 0 aliphatic carbocycles. The molecule has 8 heteroatoms. The van der Waals surface area contributed by atoms with Crippen LogP contribution in [0.25, 0.3) is 0 Å². The topological polar surface area (TPSA) is 73.8 Å². The van der Waals surface area contributed by atoms with Crippen molar-refractivity contribution in [2.24, 2.45) is 0 Å². The normalized spacial score (nSPS) is 15.4. The lowest BCUT2D eigenvalue weighted by molar-refractivity contribution is 0.223. The molecular weight excluding hydrogens is 440 g/mol. The summed E-state index contributed by atoms with van der Waals surface area (Å²) in [5.74, 6) is 1.88. The highest BCUT2D eigenvalue weighted by atomic mass is 16.5. The molecule has 2 heterocycles. The number of nitrogens with zero attached hydrogens (tertiary/aromatic N) is 5. The summed E-state index contributed by atoms with van der Waals surface area (Å²) in [4.78, 5) is 28.2. The molecule has 8 nitrogen and oxygen atoms in total. The molecule has 2 amide bonds. The van der Waals surface area contributed by atoms with Gasteiger partial charge in [-0.05, 0) is 62.8 Å². The van der Waals surface area contributed by atoms with E-state index < -0.39 is 0 Å². The van der Waals surface area contributed by atoms with E-state index in [1.807, 2.05) is 62.4 Å². The molecular formula is C27H34N6O2. The van der Waals surface area contributed by atoms with Gasteiger partial charge in [-0.2, -0.15) is 4.98 Å². The minimum atomic E-state index is -0.184. The Labute approximate surface area is 207 Å². The van der Waals surface area contributed by atoms with Crippen molar-refractivity contribution in [2.45, 2.75) is 33.7 Å². The molecule has 2 aromatic carbocycles. The van der Waals surface area contributed by atoms with Gasteiger partial charge in [-0.15, -0.1) is 0 Å². The van der Waals surface area contributed by atoms with Crippen molar-refractivity contribution in [3.8, 4) is 5.75 Å². The number of hydrogen-bond donors (Lipinski definition) is 1. The second-order valence-electron chi connectivity index (χ2n) is 8.67. The number of ether oxygens (including phenoxy) is 1. The van der Waals surface area contributed by atoms with Crippen LogP contribution in [0.1, 0.15) is 37.9 Å². The minimum absolute atomic E-state index is 0.116. The third kappa shape index (κ3) is 5.22. The largest absolute Gasteiger partial charge is 0.492 e. The number of aryl methyl sites for hydroxylation is 1. The first-order chi connectivity index (χ1) is 16.9. The Morgan fingerprint density at radius 2 is 1.80 bits per heavy atom. The van der Waals surface area contributed by atoms with Crippen LogP contribution < -0.4 is 19.9 Å². The third-order valence-corrected chi connectivity index (χ3v) is 6.50. The maximum Gasteiger partial charge on any atom is 0.330 e. The van der Waals surface area contributed by atoms with E-state index in [1.165, 1.54) is 0 Å². The number of rotatable bonds is 9. The fourth-order valence-electron chi connectivity index (χ4n) is 4.30. The Balaban J connectivity index is 1.47. The summed E-state index contributed by atoms with van der Waals surface area (Å²) in [6.45, 7) is 11.9. The lowest BCUT2D eigenvalue weighted by Gasteiger charge is -2.39. The van der Waals surface area contributed by atoms with Crippen molar-refractivity contribution in [2.75, 3.05) is 48.4 Å². The second kappa shape index (κ2) is 10.7. The zero-order valence-corrected chi connectivity index (χ0v) is 21.2. The van der Waals surface area contributed by atoms with Crippen LogP contribution >= 0.6 is 0 Å². The summed E-state index contributed by atoms with van der Waals surface area (Å²) in [5.41, 5.74) is 3.69. The molecule has 1 aliphatic heterocycles. The Hall–Kier alpha value is -3.65. The van der Waals surface area contributed by atoms with E-state index in [1.54, 1.807) is 23.0 Å². The van der Waals surface area contributed by atoms with Crippen molar-refractivity contribution < 1.29 is 9.53 Å². The van der Waals surface area contributed by atoms with Crippen LogP contribution in [0.3, 0.4) is 0 Å². The number of carbonyl (C=O) groups excluding carboxylic acids is 1. The van der Waals surface area contributed by atoms with Crippen LogP contribution in [0.5, 0.6) is 5.75 Å². The van der Waals surface area contributed by atoms with Gasteiger partial charge < -0.3 is 15.0 Å². The monoisotopic (exact) mass is 474 g/mol. The molecule has 0 radical (unpaired) electrons. The molecule has 0 fully saturated rings. The van der Waals surface area contributed by atoms with Crippen molar-refractivity contribution in [3.63, 3.8) is 0 Å². The highest BCUT2D eigenvalue weighted by molar-refractivity contribution is 6.06. The first-order valence-corrected chi connectivity index (χ1v) is 12.1. The SMILES string of the molecule is CCN(CC)CCOc1ccc(Nc2ncc3c(n2)N(C)C(=O)N(c2ccccc2C)[C@H]3C)cc1. The number of urea groups is 1. The molecule has 1 aromatic heterocycles. The van der Waals surface area contributed by atoms with Gasteiger partial charge in [0.25, 0.3) is 0 Å². The summed E-state index contributed by atoms with van der Waals surface area (Å²) < 4.78 is 5.86. The molecule has 1 atom stereocenters. The number of hydrogen-bond acceptors (Lipinski definition) is 6. The Morgan fingerprint density at radius 3 is 2.49 bits per heavy atom. The van der Waals surface area contributed by atoms with Crippen molar-refractivity contribution in [1.82, 2.24) is 14.9 Å². The molecule has 1 aliphatic rings. The lowest BCUT2D eigenvalue weighted by atomic mass is 10.0. The van der Waals surface area contributed by atoms with Gasteiger partial charge >= 0.3 is 6.03 Å². The number of carbonyl (C=O) groups is 1. The number of fused-ring (bicyclic) bond motifs is 1. The molecule has 0 spiro atoms. The van der Waals surface area contributed by atoms with Gasteiger partial charge in [-0.25, -0.2) is 9.78 Å². The minimum Gasteiger partial charge on any atom is -0.492 e. The molecule has 35 heavy (non-hydrogen) atoms. The summed E-state index contributed by atoms with van der Waals surface area (Å²) in [6.07, 6.45) is 1.80. The van der Waals surface area contributed by atoms with E-state index in [2.05, 4.69) is 34.0 Å². The molecule has 1 N–H and O–H groups in total. The van der Waals surface area contributed by atoms with Crippen LogP contribution in [0, 0.1) is 6.92 Å². The van der Waals surface area contributed by atoms with E-state index in [9.17, 15) is 4.79 Å². The molecule has 184 valence electrons. The van der Waals surface area contributed by atoms with Crippen LogP contribution in [0.2, 0.25) is 0 Å². The molecule has 0 bridgehead atoms. The van der Waals surface area contributed by atoms with Gasteiger partial charge in [0.15, 0.2) is 0 Å². The van der Waals surface area contributed by atoms with Gasteiger partial charge in [0, 0.05) is 36.7 Å². The quantitative estimate of drug-likeness (QED) is 0.448. The number of amides is 2. The first kappa shape index (κ1) is 24.5. The highest BCUT2D eigenvalue weighted by Crippen LogP contribution is 2.38. The summed E-state index contributed by atoms with van der Waals surface area (Å²) in [6, 6.07) is 15.3. The smallest absolute Gasteiger partial charge is 0.330 e. The van der Waals surface area contributed by atoms with Crippen LogP contribution in [0.15, 0.2) is 54.7 Å². The fraction of sp³-hybridized carbons (Fsp3) is 0.370. The van der Waals surface area contributed by atoms with E-state index >= 15 is 0 Å². The fourth-order valence-corrected chi connectivity index (χ4v) is 4.30. The Kier molecular flexibility index (Phi) is 7.51. The van der Waals surface area contributed by atoms with Crippen molar-refractivity contribution >= 4 is 29.2 Å². The van der Waals surface area contributed by atoms with Crippen LogP contribution in [-0.2, 0) is 0 Å². The van der Waals surface area contributed by atoms with E-state index in [4.69, 9.17) is 4.74 Å². The first-order valence-electron chi connectivity index (χ1n) is 12.1. The van der Waals surface area contributed by atoms with Gasteiger partial charge in [0.1, 0.15) is 18.2 Å². The molecule has 0 unspecified atom stereocenters. The number of aromatic nitrogens is 2. The van der Waals surface area contributed by atoms with Crippen molar-refractivity contribution in [1.29, 1.82) is 0 Å². The summed E-state index contributed by atoms with van der Waals surface area (Å²) in [7, 11) is 1.75. The number of nitrogens with one attached hydrogen (secondary N) is 1. The number of benzene rings is 2. The standard InChI is InChI=1S/C27H34N6O2/c1-6-32(7-2)16-17-35-22-14-12-21(13-15-22)29-26-28-18-23-20(4)33(24-11-9-8-10-19(24)3)27(34)31(5)25(23)30-26/h8-15,18,20H,6-7,16-17H2,1-5H3,(H,28,29,30)/t20-/m0/s1. The van der Waals surface area contributed by atoms with E-state index in [-0.39, 0.29) is 12.1 Å². The number of likely N-dealkylation sites (N-methyl/N-ethyl adjacent to an activating group) is 1. The zero-order chi connectivity index (χ0) is 24.9. The predicted octanol–water partition coefficient (Wildman–Crippen LogP) is 5.39. The lowest BCUT2D eigenvalue weighted by Crippen LogP contribution is -2.48. The summed E-state index contributed by atoms with van der Waals surface area (Å²) >= 11 is 0. The highest BCUT2D eigenvalue weighted by Gasteiger charge is 2.36. The average molecular weight is 475 g/mol. The Morgan fingerprint density at radius 1 is 1.09 bits per heavy atom. The van der Waals surface area contributed by atoms with Gasteiger partial charge in [-0.1, -0.05) is 32.0 Å². The maximum absolute atomic E-state index is 13.3. The van der Waals surface area contributed by atoms with E-state index in [0.29, 0.717) is 18.4 Å². The Bertz CT molecular complexity index is 1160. The maximum atomic E-state index is 13.3. The second-order valence-corrected chi connectivity index (χ2v) is 8.67. The van der Waals surface area contributed by atoms with Crippen LogP contribution in [-0.4, -0.2) is 54.2 Å². The average Bonchev–Trinajstić information content (AvgIpc) is 2.87. The van der Waals surface area contributed by atoms with Gasteiger partial charge in [-0.3, -0.25) is 9.80 Å². The van der Waals surface area contributed by atoms with Gasteiger partial charge in [0.2, 0.25) is 5.95 Å². The predicted molar refractivity (Wildman–Crippen MR) is 141 cm³/mol. The molecule has 3 aromatic rings. The van der Waals surface area contributed by atoms with Crippen LogP contribution in [0.4, 0.5) is 27.9 Å². The van der Waals surface area contributed by atoms with Gasteiger partial charge in [0.05, 0.1) is 6.04 Å². The van der Waals surface area contributed by atoms with E-state index in [0.717, 1.165) is 47.9 Å². The summed E-state index contributed by atoms with van der Waals surface area (Å²) in [5, 5.41) is 3.24. The number of anilines is 4. The third-order valence-electron chi connectivity index (χ3n) is 6.50. The molecule has 0 saturated carbocycles. The van der Waals surface area contributed by atoms with Crippen molar-refractivity contribution in [3.05, 3.63) is 65.9 Å². The molecule has 4 rings (SSSR count). The number of para-hydroxylation sites is 1.